The fraction of sp³-hybridized carbons (Fsp3) is 0.538. The summed E-state index contributed by atoms with van der Waals surface area (Å²) in [6, 6.07) is 5.78. The summed E-state index contributed by atoms with van der Waals surface area (Å²) >= 11 is 0. The predicted octanol–water partition coefficient (Wildman–Crippen LogP) is 2.25. The topological polar surface area (TPSA) is 84.4 Å². The molecule has 0 aromatic heterocycles. The van der Waals surface area contributed by atoms with Crippen LogP contribution in [0.4, 0.5) is 11.4 Å². The number of nitrogen functional groups attached to an aromatic ring is 1. The van der Waals surface area contributed by atoms with Gasteiger partial charge in [0.05, 0.1) is 4.92 Å². The van der Waals surface area contributed by atoms with Crippen LogP contribution >= 0.6 is 0 Å². The van der Waals surface area contributed by atoms with Gasteiger partial charge >= 0.3 is 0 Å². The first-order valence-corrected chi connectivity index (χ1v) is 6.63. The van der Waals surface area contributed by atoms with Crippen LogP contribution in [0, 0.1) is 10.1 Å². The van der Waals surface area contributed by atoms with Gasteiger partial charge in [0.2, 0.25) is 0 Å². The zero-order chi connectivity index (χ0) is 13.8. The summed E-state index contributed by atoms with van der Waals surface area (Å²) in [5.41, 5.74) is 3.85. The Morgan fingerprint density at radius 1 is 1.53 bits per heavy atom. The molecule has 1 fully saturated rings. The molecule has 0 aliphatic heterocycles. The van der Waals surface area contributed by atoms with Crippen molar-refractivity contribution in [2.45, 2.75) is 38.8 Å². The third kappa shape index (κ3) is 3.42. The summed E-state index contributed by atoms with van der Waals surface area (Å²) in [5.74, 6) is 5.35. The number of anilines is 1. The molecule has 6 nitrogen and oxygen atoms in total. The van der Waals surface area contributed by atoms with Crippen LogP contribution in [-0.4, -0.2) is 22.4 Å². The van der Waals surface area contributed by atoms with Gasteiger partial charge < -0.3 is 5.43 Å². The molecular formula is C13H20N4O2. The van der Waals surface area contributed by atoms with E-state index in [9.17, 15) is 10.1 Å². The zero-order valence-electron chi connectivity index (χ0n) is 11.1. The first kappa shape index (κ1) is 13.8. The number of hydrogen-bond donors (Lipinski definition) is 2. The van der Waals surface area contributed by atoms with Gasteiger partial charge in [-0.15, -0.1) is 0 Å². The van der Waals surface area contributed by atoms with E-state index in [2.05, 4.69) is 17.2 Å². The largest absolute Gasteiger partial charge is 0.318 e. The molecule has 104 valence electrons. The van der Waals surface area contributed by atoms with Crippen LogP contribution in [0.2, 0.25) is 0 Å². The minimum absolute atomic E-state index is 0.0136. The van der Waals surface area contributed by atoms with E-state index in [-0.39, 0.29) is 5.69 Å². The second kappa shape index (κ2) is 5.99. The number of hydrogen-bond acceptors (Lipinski definition) is 5. The number of nitrogens with one attached hydrogen (secondary N) is 1. The first-order chi connectivity index (χ1) is 9.15. The third-order valence-electron chi connectivity index (χ3n) is 3.37. The summed E-state index contributed by atoms with van der Waals surface area (Å²) in [6.45, 7) is 4.05. The Bertz CT molecular complexity index is 460. The number of nitro benzene ring substituents is 1. The van der Waals surface area contributed by atoms with E-state index in [0.29, 0.717) is 11.7 Å². The highest BCUT2D eigenvalue weighted by Crippen LogP contribution is 2.30. The maximum absolute atomic E-state index is 10.8. The summed E-state index contributed by atoms with van der Waals surface area (Å²) in [6.07, 6.45) is 3.63. The van der Waals surface area contributed by atoms with E-state index < -0.39 is 4.92 Å². The molecule has 2 rings (SSSR count). The van der Waals surface area contributed by atoms with Crippen LogP contribution in [0.5, 0.6) is 0 Å². The van der Waals surface area contributed by atoms with Crippen LogP contribution in [0.3, 0.4) is 0 Å². The Balaban J connectivity index is 2.13. The number of hydrazine groups is 1. The molecule has 0 saturated heterocycles. The van der Waals surface area contributed by atoms with Crippen LogP contribution in [0.15, 0.2) is 18.2 Å². The molecule has 0 radical (unpaired) electrons. The molecule has 0 atom stereocenters. The van der Waals surface area contributed by atoms with Gasteiger partial charge in [-0.25, -0.2) is 0 Å². The normalized spacial score (nSPS) is 14.7. The van der Waals surface area contributed by atoms with E-state index in [1.807, 2.05) is 6.07 Å². The Kier molecular flexibility index (Phi) is 4.34. The first-order valence-electron chi connectivity index (χ1n) is 6.63. The average molecular weight is 264 g/mol. The van der Waals surface area contributed by atoms with Crippen molar-refractivity contribution in [1.29, 1.82) is 0 Å². The molecule has 0 heterocycles. The average Bonchev–Trinajstić information content (AvgIpc) is 3.22. The van der Waals surface area contributed by atoms with Crippen molar-refractivity contribution in [1.82, 2.24) is 4.90 Å². The van der Waals surface area contributed by atoms with Gasteiger partial charge in [0.1, 0.15) is 5.69 Å². The molecule has 1 aliphatic rings. The molecule has 1 saturated carbocycles. The second-order valence-corrected chi connectivity index (χ2v) is 4.95. The van der Waals surface area contributed by atoms with Gasteiger partial charge in [-0.2, -0.15) is 0 Å². The molecule has 1 aliphatic carbocycles. The van der Waals surface area contributed by atoms with Gasteiger partial charge in [-0.1, -0.05) is 13.0 Å². The predicted molar refractivity (Wildman–Crippen MR) is 74.6 cm³/mol. The maximum atomic E-state index is 10.8. The van der Waals surface area contributed by atoms with Crippen LogP contribution in [0.1, 0.15) is 31.7 Å². The van der Waals surface area contributed by atoms with Crippen LogP contribution < -0.4 is 11.3 Å². The number of nitrogens with two attached hydrogens (primary N) is 1. The van der Waals surface area contributed by atoms with E-state index in [0.717, 1.165) is 25.1 Å². The van der Waals surface area contributed by atoms with E-state index in [1.165, 1.54) is 18.9 Å². The van der Waals surface area contributed by atoms with Gasteiger partial charge in [-0.3, -0.25) is 20.9 Å². The molecule has 3 N–H and O–H groups in total. The lowest BCUT2D eigenvalue weighted by Crippen LogP contribution is -2.26. The summed E-state index contributed by atoms with van der Waals surface area (Å²) in [4.78, 5) is 12.8. The van der Waals surface area contributed by atoms with Crippen molar-refractivity contribution in [3.63, 3.8) is 0 Å². The highest BCUT2D eigenvalue weighted by molar-refractivity contribution is 5.62. The molecule has 0 bridgehead atoms. The van der Waals surface area contributed by atoms with Crippen molar-refractivity contribution in [3.05, 3.63) is 33.9 Å². The Labute approximate surface area is 112 Å². The maximum Gasteiger partial charge on any atom is 0.293 e. The lowest BCUT2D eigenvalue weighted by Gasteiger charge is -2.21. The fourth-order valence-electron chi connectivity index (χ4n) is 2.31. The van der Waals surface area contributed by atoms with Gasteiger partial charge in [0.25, 0.3) is 5.69 Å². The lowest BCUT2D eigenvalue weighted by molar-refractivity contribution is -0.384. The van der Waals surface area contributed by atoms with Gasteiger partial charge in [0, 0.05) is 18.7 Å². The second-order valence-electron chi connectivity index (χ2n) is 4.95. The van der Waals surface area contributed by atoms with Gasteiger partial charge in [0.15, 0.2) is 0 Å². The number of rotatable bonds is 7. The summed E-state index contributed by atoms with van der Waals surface area (Å²) in [7, 11) is 0. The molecule has 6 heteroatoms. The smallest absolute Gasteiger partial charge is 0.293 e. The van der Waals surface area contributed by atoms with Gasteiger partial charge in [-0.05, 0) is 37.4 Å². The standard InChI is InChI=1S/C13H20N4O2/c1-2-7-16(11-4-5-11)9-10-3-6-13(17(18)19)12(8-10)15-14/h3,6,8,11,15H,2,4-5,7,9,14H2,1H3. The molecule has 0 unspecified atom stereocenters. The van der Waals surface area contributed by atoms with E-state index in [4.69, 9.17) is 5.84 Å². The highest BCUT2D eigenvalue weighted by Gasteiger charge is 2.28. The van der Waals surface area contributed by atoms with E-state index in [1.54, 1.807) is 6.07 Å². The summed E-state index contributed by atoms with van der Waals surface area (Å²) < 4.78 is 0. The monoisotopic (exact) mass is 264 g/mol. The SMILES string of the molecule is CCCN(Cc1ccc([N+](=O)[O-])c(NN)c1)C1CC1. The van der Waals surface area contributed by atoms with Crippen molar-refractivity contribution >= 4 is 11.4 Å². The molecule has 1 aromatic rings. The molecule has 19 heavy (non-hydrogen) atoms. The molecule has 0 spiro atoms. The Morgan fingerprint density at radius 2 is 2.26 bits per heavy atom. The molecule has 1 aromatic carbocycles. The fourth-order valence-corrected chi connectivity index (χ4v) is 2.31. The zero-order valence-corrected chi connectivity index (χ0v) is 11.1. The quantitative estimate of drug-likeness (QED) is 0.448. The van der Waals surface area contributed by atoms with E-state index >= 15 is 0 Å². The number of nitrogens with zero attached hydrogens (tertiary/aromatic N) is 2. The molecule has 0 amide bonds. The minimum Gasteiger partial charge on any atom is -0.318 e. The lowest BCUT2D eigenvalue weighted by atomic mass is 10.1. The number of nitro groups is 1. The van der Waals surface area contributed by atoms with Crippen LogP contribution in [0.25, 0.3) is 0 Å². The molecular weight excluding hydrogens is 244 g/mol. The Hall–Kier alpha value is -1.66. The Morgan fingerprint density at radius 3 is 2.79 bits per heavy atom. The van der Waals surface area contributed by atoms with Crippen molar-refractivity contribution in [2.24, 2.45) is 5.84 Å². The van der Waals surface area contributed by atoms with Crippen LogP contribution in [-0.2, 0) is 6.54 Å². The van der Waals surface area contributed by atoms with Crippen molar-refractivity contribution in [2.75, 3.05) is 12.0 Å². The number of benzene rings is 1. The minimum atomic E-state index is -0.427. The third-order valence-corrected chi connectivity index (χ3v) is 3.37. The van der Waals surface area contributed by atoms with Crippen molar-refractivity contribution < 1.29 is 4.92 Å². The highest BCUT2D eigenvalue weighted by atomic mass is 16.6. The summed E-state index contributed by atoms with van der Waals surface area (Å²) in [5, 5.41) is 10.8. The van der Waals surface area contributed by atoms with Crippen molar-refractivity contribution in [3.8, 4) is 0 Å².